The largest absolute Gasteiger partial charge is 0.386 e. The van der Waals surface area contributed by atoms with Crippen LogP contribution in [0.3, 0.4) is 0 Å². The molecule has 1 aliphatic heterocycles. The number of fused-ring (bicyclic) bond motifs is 1. The Bertz CT molecular complexity index is 1060. The standard InChI is InChI=1S/C18H18Cl2N4O5/c1-18(27)13(26)17(24-5-4-9-15(23-28)21-7-22-16(9)24)29-14(18)12(25)8-2-3-10(19)11(20)6-8/h2-7,12-14,17,25-28H,1H3,(H,21,22,23)/t12-,13+,14?,17-,18+/m1/s1. The first-order chi connectivity index (χ1) is 13.8. The van der Waals surface area contributed by atoms with Crippen molar-refractivity contribution in [2.45, 2.75) is 37.1 Å². The van der Waals surface area contributed by atoms with Gasteiger partial charge in [0.25, 0.3) is 0 Å². The maximum Gasteiger partial charge on any atom is 0.164 e. The van der Waals surface area contributed by atoms with Gasteiger partial charge in [-0.1, -0.05) is 29.3 Å². The number of anilines is 1. The number of benzene rings is 1. The van der Waals surface area contributed by atoms with Gasteiger partial charge >= 0.3 is 0 Å². The summed E-state index contributed by atoms with van der Waals surface area (Å²) >= 11 is 12.0. The van der Waals surface area contributed by atoms with Gasteiger partial charge in [0, 0.05) is 6.20 Å². The second-order valence-electron chi connectivity index (χ2n) is 7.03. The number of halogens is 2. The summed E-state index contributed by atoms with van der Waals surface area (Å²) in [6, 6.07) is 6.20. The molecule has 1 aromatic carbocycles. The number of nitrogens with zero attached hydrogens (tertiary/aromatic N) is 3. The van der Waals surface area contributed by atoms with E-state index in [9.17, 15) is 20.5 Å². The Morgan fingerprint density at radius 1 is 1.24 bits per heavy atom. The van der Waals surface area contributed by atoms with Gasteiger partial charge in [0.2, 0.25) is 0 Å². The summed E-state index contributed by atoms with van der Waals surface area (Å²) in [5.41, 5.74) is 0.926. The van der Waals surface area contributed by atoms with Crippen molar-refractivity contribution in [1.29, 1.82) is 0 Å². The third-order valence-electron chi connectivity index (χ3n) is 5.19. The van der Waals surface area contributed by atoms with Crippen LogP contribution in [0.25, 0.3) is 11.0 Å². The molecule has 0 aliphatic carbocycles. The Balaban J connectivity index is 1.71. The van der Waals surface area contributed by atoms with E-state index in [4.69, 9.17) is 27.9 Å². The van der Waals surface area contributed by atoms with Gasteiger partial charge in [-0.3, -0.25) is 10.7 Å². The normalized spacial score (nSPS) is 28.0. The molecule has 0 radical (unpaired) electrons. The fourth-order valence-electron chi connectivity index (χ4n) is 3.57. The highest BCUT2D eigenvalue weighted by Crippen LogP contribution is 2.44. The maximum atomic E-state index is 10.9. The zero-order chi connectivity index (χ0) is 20.9. The van der Waals surface area contributed by atoms with Crippen LogP contribution in [0.15, 0.2) is 36.8 Å². The third-order valence-corrected chi connectivity index (χ3v) is 5.93. The van der Waals surface area contributed by atoms with Crippen LogP contribution >= 0.6 is 23.2 Å². The fraction of sp³-hybridized carbons (Fsp3) is 0.333. The number of aromatic nitrogens is 3. The Morgan fingerprint density at radius 3 is 2.69 bits per heavy atom. The lowest BCUT2D eigenvalue weighted by Gasteiger charge is -2.29. The molecule has 3 heterocycles. The summed E-state index contributed by atoms with van der Waals surface area (Å²) in [5, 5.41) is 42.8. The van der Waals surface area contributed by atoms with Crippen molar-refractivity contribution < 1.29 is 25.3 Å². The van der Waals surface area contributed by atoms with Crippen LogP contribution < -0.4 is 5.48 Å². The quantitative estimate of drug-likeness (QED) is 0.390. The molecular formula is C18H18Cl2N4O5. The molecule has 1 fully saturated rings. The highest BCUT2D eigenvalue weighted by Gasteiger charge is 2.55. The van der Waals surface area contributed by atoms with E-state index in [-0.39, 0.29) is 10.8 Å². The molecule has 0 bridgehead atoms. The van der Waals surface area contributed by atoms with Crippen LogP contribution in [0.4, 0.5) is 5.82 Å². The number of nitrogens with one attached hydrogen (secondary N) is 1. The van der Waals surface area contributed by atoms with E-state index in [0.29, 0.717) is 21.6 Å². The first kappa shape index (κ1) is 20.3. The number of aliphatic hydroxyl groups excluding tert-OH is 2. The summed E-state index contributed by atoms with van der Waals surface area (Å²) in [5.74, 6) is 0.181. The smallest absolute Gasteiger partial charge is 0.164 e. The second kappa shape index (κ2) is 7.37. The summed E-state index contributed by atoms with van der Waals surface area (Å²) in [6.07, 6.45) is -2.08. The van der Waals surface area contributed by atoms with Gasteiger partial charge < -0.3 is 24.6 Å². The predicted octanol–water partition coefficient (Wildman–Crippen LogP) is 2.28. The number of aliphatic hydroxyl groups is 3. The van der Waals surface area contributed by atoms with Crippen LogP contribution in [0.5, 0.6) is 0 Å². The molecule has 5 atom stereocenters. The van der Waals surface area contributed by atoms with Crippen molar-refractivity contribution in [1.82, 2.24) is 14.5 Å². The van der Waals surface area contributed by atoms with E-state index in [0.717, 1.165) is 0 Å². The van der Waals surface area contributed by atoms with E-state index in [1.807, 2.05) is 5.48 Å². The second-order valence-corrected chi connectivity index (χ2v) is 7.85. The van der Waals surface area contributed by atoms with Gasteiger partial charge in [-0.25, -0.2) is 9.97 Å². The van der Waals surface area contributed by atoms with Crippen LogP contribution in [-0.2, 0) is 4.74 Å². The predicted molar refractivity (Wildman–Crippen MR) is 105 cm³/mol. The van der Waals surface area contributed by atoms with Gasteiger partial charge in [-0.15, -0.1) is 0 Å². The molecule has 2 aromatic heterocycles. The van der Waals surface area contributed by atoms with E-state index in [2.05, 4.69) is 9.97 Å². The minimum absolute atomic E-state index is 0.181. The van der Waals surface area contributed by atoms with Gasteiger partial charge in [-0.05, 0) is 30.7 Å². The lowest BCUT2D eigenvalue weighted by molar-refractivity contribution is -0.115. The molecule has 0 saturated carbocycles. The molecule has 1 unspecified atom stereocenters. The molecular weight excluding hydrogens is 423 g/mol. The molecule has 4 rings (SSSR count). The molecule has 0 amide bonds. The fourth-order valence-corrected chi connectivity index (χ4v) is 3.87. The molecule has 3 aromatic rings. The van der Waals surface area contributed by atoms with Crippen molar-refractivity contribution in [3.8, 4) is 0 Å². The van der Waals surface area contributed by atoms with Crippen molar-refractivity contribution >= 4 is 40.1 Å². The zero-order valence-electron chi connectivity index (χ0n) is 15.1. The topological polar surface area (TPSA) is 133 Å². The van der Waals surface area contributed by atoms with E-state index >= 15 is 0 Å². The highest BCUT2D eigenvalue weighted by molar-refractivity contribution is 6.42. The summed E-state index contributed by atoms with van der Waals surface area (Å²) in [6.45, 7) is 1.38. The molecule has 9 nitrogen and oxygen atoms in total. The van der Waals surface area contributed by atoms with E-state index < -0.39 is 30.1 Å². The average Bonchev–Trinajstić information content (AvgIpc) is 3.22. The van der Waals surface area contributed by atoms with Crippen molar-refractivity contribution in [2.75, 3.05) is 5.48 Å². The number of hydrogen-bond acceptors (Lipinski definition) is 8. The van der Waals surface area contributed by atoms with Gasteiger partial charge in [0.15, 0.2) is 12.0 Å². The average molecular weight is 441 g/mol. The molecule has 29 heavy (non-hydrogen) atoms. The Labute approximate surface area is 175 Å². The molecule has 1 aliphatic rings. The minimum Gasteiger partial charge on any atom is -0.386 e. The molecule has 1 saturated heterocycles. The summed E-state index contributed by atoms with van der Waals surface area (Å²) in [7, 11) is 0. The van der Waals surface area contributed by atoms with E-state index in [1.165, 1.54) is 30.0 Å². The molecule has 0 spiro atoms. The lowest BCUT2D eigenvalue weighted by Crippen LogP contribution is -2.47. The minimum atomic E-state index is -1.79. The number of hydrogen-bond donors (Lipinski definition) is 5. The Morgan fingerprint density at radius 2 is 2.00 bits per heavy atom. The van der Waals surface area contributed by atoms with Gasteiger partial charge in [0.1, 0.15) is 35.9 Å². The summed E-state index contributed by atoms with van der Waals surface area (Å²) in [4.78, 5) is 8.07. The van der Waals surface area contributed by atoms with Crippen LogP contribution in [0.2, 0.25) is 10.0 Å². The summed E-state index contributed by atoms with van der Waals surface area (Å²) < 4.78 is 7.39. The van der Waals surface area contributed by atoms with Gasteiger partial charge in [0.05, 0.1) is 15.4 Å². The van der Waals surface area contributed by atoms with Crippen molar-refractivity contribution in [2.24, 2.45) is 0 Å². The zero-order valence-corrected chi connectivity index (χ0v) is 16.6. The highest BCUT2D eigenvalue weighted by atomic mass is 35.5. The van der Waals surface area contributed by atoms with Crippen LogP contribution in [-0.4, -0.2) is 52.9 Å². The monoisotopic (exact) mass is 440 g/mol. The van der Waals surface area contributed by atoms with E-state index in [1.54, 1.807) is 18.3 Å². The Hall–Kier alpha value is -1.98. The third kappa shape index (κ3) is 3.24. The maximum absolute atomic E-state index is 10.9. The Kier molecular flexibility index (Phi) is 5.16. The molecule has 11 heteroatoms. The van der Waals surface area contributed by atoms with Crippen molar-refractivity contribution in [3.63, 3.8) is 0 Å². The number of ether oxygens (including phenoxy) is 1. The van der Waals surface area contributed by atoms with Crippen molar-refractivity contribution in [3.05, 3.63) is 52.4 Å². The molecule has 154 valence electrons. The first-order valence-corrected chi connectivity index (χ1v) is 9.42. The van der Waals surface area contributed by atoms with Gasteiger partial charge in [-0.2, -0.15) is 0 Å². The SMILES string of the molecule is C[C@@]1(O)C([C@H](O)c2ccc(Cl)c(Cl)c2)O[C@@H](n2ccc3c(NO)ncnc32)[C@@H]1O. The van der Waals surface area contributed by atoms with Crippen LogP contribution in [0, 0.1) is 0 Å². The first-order valence-electron chi connectivity index (χ1n) is 8.66. The molecule has 5 N–H and O–H groups in total. The van der Waals surface area contributed by atoms with Crippen LogP contribution in [0.1, 0.15) is 24.8 Å². The lowest BCUT2D eigenvalue weighted by atomic mass is 9.88. The number of rotatable bonds is 4.